The Hall–Kier alpha value is -2.36. The molecule has 0 unspecified atom stereocenters. The van der Waals surface area contributed by atoms with Gasteiger partial charge in [-0.3, -0.25) is 5.41 Å². The van der Waals surface area contributed by atoms with E-state index >= 15 is 0 Å². The zero-order chi connectivity index (χ0) is 14.4. The number of aryl methyl sites for hydroxylation is 1. The first kappa shape index (κ1) is 14.1. The molecule has 0 spiro atoms. The predicted molar refractivity (Wildman–Crippen MR) is 77.7 cm³/mol. The highest BCUT2D eigenvalue weighted by molar-refractivity contribution is 5.97. The predicted octanol–water partition coefficient (Wildman–Crippen LogP) is 3.12. The highest BCUT2D eigenvalue weighted by atomic mass is 19.1. The molecule has 2 rings (SSSR count). The van der Waals surface area contributed by atoms with Crippen LogP contribution in [0.25, 0.3) is 0 Å². The molecule has 0 aliphatic heterocycles. The second-order valence-corrected chi connectivity index (χ2v) is 4.46. The average Bonchev–Trinajstić information content (AvgIpc) is 2.44. The number of amidine groups is 1. The first-order valence-corrected chi connectivity index (χ1v) is 6.48. The minimum absolute atomic E-state index is 0.0345. The van der Waals surface area contributed by atoms with Gasteiger partial charge < -0.3 is 10.5 Å². The average molecular weight is 272 g/mol. The van der Waals surface area contributed by atoms with Crippen molar-refractivity contribution in [3.8, 4) is 5.75 Å². The number of hydrogen-bond donors (Lipinski definition) is 2. The maximum absolute atomic E-state index is 13.6. The molecule has 0 aliphatic rings. The van der Waals surface area contributed by atoms with Gasteiger partial charge >= 0.3 is 0 Å². The van der Waals surface area contributed by atoms with Crippen LogP contribution >= 0.6 is 0 Å². The van der Waals surface area contributed by atoms with Gasteiger partial charge in [0.2, 0.25) is 0 Å². The van der Waals surface area contributed by atoms with E-state index in [9.17, 15) is 4.39 Å². The Labute approximate surface area is 117 Å². The van der Waals surface area contributed by atoms with Gasteiger partial charge in [-0.15, -0.1) is 0 Å². The summed E-state index contributed by atoms with van der Waals surface area (Å²) < 4.78 is 19.1. The van der Waals surface area contributed by atoms with E-state index in [1.54, 1.807) is 12.1 Å². The highest BCUT2D eigenvalue weighted by Gasteiger charge is 2.12. The molecule has 2 aromatic carbocycles. The number of benzene rings is 2. The minimum Gasteiger partial charge on any atom is -0.493 e. The Morgan fingerprint density at radius 2 is 1.85 bits per heavy atom. The van der Waals surface area contributed by atoms with E-state index < -0.39 is 5.82 Å². The fraction of sp³-hybridized carbons (Fsp3) is 0.188. The lowest BCUT2D eigenvalue weighted by Gasteiger charge is -2.11. The van der Waals surface area contributed by atoms with Crippen molar-refractivity contribution in [2.24, 2.45) is 5.73 Å². The number of nitrogen functional groups attached to an aromatic ring is 1. The summed E-state index contributed by atoms with van der Waals surface area (Å²) in [6.45, 7) is 0.457. The van der Waals surface area contributed by atoms with E-state index in [4.69, 9.17) is 15.9 Å². The van der Waals surface area contributed by atoms with Crippen molar-refractivity contribution < 1.29 is 9.13 Å². The lowest BCUT2D eigenvalue weighted by Crippen LogP contribution is -2.15. The van der Waals surface area contributed by atoms with Crippen LogP contribution < -0.4 is 10.5 Å². The smallest absolute Gasteiger partial charge is 0.137 e. The maximum atomic E-state index is 13.6. The first-order chi connectivity index (χ1) is 9.68. The molecule has 0 atom stereocenters. The zero-order valence-corrected chi connectivity index (χ0v) is 11.1. The molecule has 3 nitrogen and oxygen atoms in total. The van der Waals surface area contributed by atoms with Gasteiger partial charge in [0.15, 0.2) is 0 Å². The van der Waals surface area contributed by atoms with Gasteiger partial charge in [0.25, 0.3) is 0 Å². The summed E-state index contributed by atoms with van der Waals surface area (Å²) >= 11 is 0. The molecule has 104 valence electrons. The van der Waals surface area contributed by atoms with Gasteiger partial charge in [0.1, 0.15) is 17.4 Å². The fourth-order valence-electron chi connectivity index (χ4n) is 1.99. The van der Waals surface area contributed by atoms with Crippen LogP contribution in [0.5, 0.6) is 5.75 Å². The third-order valence-corrected chi connectivity index (χ3v) is 2.95. The minimum atomic E-state index is -0.530. The molecule has 2 aromatic rings. The van der Waals surface area contributed by atoms with Crippen LogP contribution in [0, 0.1) is 11.2 Å². The number of rotatable bonds is 6. The van der Waals surface area contributed by atoms with Gasteiger partial charge in [0, 0.05) is 0 Å². The van der Waals surface area contributed by atoms with Gasteiger partial charge in [0.05, 0.1) is 12.2 Å². The number of halogens is 1. The van der Waals surface area contributed by atoms with E-state index in [0.29, 0.717) is 12.4 Å². The monoisotopic (exact) mass is 272 g/mol. The topological polar surface area (TPSA) is 59.1 Å². The van der Waals surface area contributed by atoms with Crippen molar-refractivity contribution in [3.05, 3.63) is 65.5 Å². The van der Waals surface area contributed by atoms with E-state index in [2.05, 4.69) is 12.1 Å². The second kappa shape index (κ2) is 6.70. The van der Waals surface area contributed by atoms with E-state index in [1.165, 1.54) is 11.6 Å². The van der Waals surface area contributed by atoms with Crippen molar-refractivity contribution in [2.75, 3.05) is 6.61 Å². The molecule has 0 heterocycles. The molecule has 0 aliphatic carbocycles. The summed E-state index contributed by atoms with van der Waals surface area (Å²) in [6, 6.07) is 14.5. The Morgan fingerprint density at radius 1 is 1.10 bits per heavy atom. The Morgan fingerprint density at radius 3 is 2.55 bits per heavy atom. The molecule has 0 radical (unpaired) electrons. The van der Waals surface area contributed by atoms with Crippen molar-refractivity contribution >= 4 is 5.84 Å². The first-order valence-electron chi connectivity index (χ1n) is 6.48. The molecule has 0 saturated carbocycles. The fourth-order valence-corrected chi connectivity index (χ4v) is 1.99. The molecular formula is C16H17FN2O. The molecule has 4 heteroatoms. The van der Waals surface area contributed by atoms with E-state index in [-0.39, 0.29) is 11.4 Å². The Bertz CT molecular complexity index is 584. The molecule has 3 N–H and O–H groups in total. The zero-order valence-electron chi connectivity index (χ0n) is 11.1. The van der Waals surface area contributed by atoms with Crippen LogP contribution in [-0.2, 0) is 6.42 Å². The number of hydrogen-bond acceptors (Lipinski definition) is 2. The summed E-state index contributed by atoms with van der Waals surface area (Å²) in [5, 5.41) is 7.39. The van der Waals surface area contributed by atoms with Crippen LogP contribution in [0.4, 0.5) is 4.39 Å². The molecular weight excluding hydrogens is 255 g/mol. The molecule has 0 amide bonds. The quantitative estimate of drug-likeness (QED) is 0.482. The molecule has 20 heavy (non-hydrogen) atoms. The largest absolute Gasteiger partial charge is 0.493 e. The van der Waals surface area contributed by atoms with Crippen LogP contribution in [0.1, 0.15) is 17.5 Å². The summed E-state index contributed by atoms with van der Waals surface area (Å²) in [6.07, 6.45) is 1.71. The standard InChI is InChI=1S/C16H17FN2O/c17-13-9-4-10-14(15(13)16(18)19)20-11-5-8-12-6-2-1-3-7-12/h1-4,6-7,9-10H,5,8,11H2,(H3,18,19). The number of nitrogens with two attached hydrogens (primary N) is 1. The van der Waals surface area contributed by atoms with Gasteiger partial charge in [-0.2, -0.15) is 0 Å². The number of nitrogens with one attached hydrogen (secondary N) is 1. The Kier molecular flexibility index (Phi) is 4.71. The second-order valence-electron chi connectivity index (χ2n) is 4.46. The van der Waals surface area contributed by atoms with Gasteiger partial charge in [-0.1, -0.05) is 36.4 Å². The van der Waals surface area contributed by atoms with Gasteiger partial charge in [-0.25, -0.2) is 4.39 Å². The van der Waals surface area contributed by atoms with Crippen molar-refractivity contribution in [3.63, 3.8) is 0 Å². The van der Waals surface area contributed by atoms with Crippen LogP contribution in [0.15, 0.2) is 48.5 Å². The molecule has 0 bridgehead atoms. The van der Waals surface area contributed by atoms with Crippen molar-refractivity contribution in [2.45, 2.75) is 12.8 Å². The third kappa shape index (κ3) is 3.57. The summed E-state index contributed by atoms with van der Waals surface area (Å²) in [5.74, 6) is -0.523. The SMILES string of the molecule is N=C(N)c1c(F)cccc1OCCCc1ccccc1. The molecule has 0 fully saturated rings. The maximum Gasteiger partial charge on any atom is 0.137 e. The van der Waals surface area contributed by atoms with Crippen molar-refractivity contribution in [1.82, 2.24) is 0 Å². The normalized spacial score (nSPS) is 10.2. The lowest BCUT2D eigenvalue weighted by molar-refractivity contribution is 0.309. The number of ether oxygens (including phenoxy) is 1. The summed E-state index contributed by atoms with van der Waals surface area (Å²) in [5.41, 5.74) is 6.65. The molecule has 0 aromatic heterocycles. The Balaban J connectivity index is 1.92. The van der Waals surface area contributed by atoms with Crippen LogP contribution in [-0.4, -0.2) is 12.4 Å². The van der Waals surface area contributed by atoms with Crippen LogP contribution in [0.3, 0.4) is 0 Å². The van der Waals surface area contributed by atoms with E-state index in [1.807, 2.05) is 18.2 Å². The van der Waals surface area contributed by atoms with E-state index in [0.717, 1.165) is 12.8 Å². The van der Waals surface area contributed by atoms with Crippen molar-refractivity contribution in [1.29, 1.82) is 5.41 Å². The summed E-state index contributed by atoms with van der Waals surface area (Å²) in [4.78, 5) is 0. The highest BCUT2D eigenvalue weighted by Crippen LogP contribution is 2.21. The van der Waals surface area contributed by atoms with Gasteiger partial charge in [-0.05, 0) is 30.5 Å². The summed E-state index contributed by atoms with van der Waals surface area (Å²) in [7, 11) is 0. The lowest BCUT2D eigenvalue weighted by atomic mass is 10.1. The van der Waals surface area contributed by atoms with Crippen LogP contribution in [0.2, 0.25) is 0 Å². The molecule has 0 saturated heterocycles. The third-order valence-electron chi connectivity index (χ3n) is 2.95.